The average Bonchev–Trinajstić information content (AvgIpc) is 3.07. The molecule has 0 radical (unpaired) electrons. The number of imidazole rings is 1. The van der Waals surface area contributed by atoms with Crippen LogP contribution in [0.15, 0.2) is 23.0 Å². The number of rotatable bonds is 3. The number of carbonyl (C=O) groups is 4. The first-order chi connectivity index (χ1) is 17.9. The van der Waals surface area contributed by atoms with Gasteiger partial charge in [-0.1, -0.05) is 12.1 Å². The molecule has 38 heavy (non-hydrogen) atoms. The maximum Gasteiger partial charge on any atom is 0.410 e. The highest BCUT2D eigenvalue weighted by atomic mass is 16.6. The number of carbonyl (C=O) groups excluding carboxylic acids is 4. The van der Waals surface area contributed by atoms with Gasteiger partial charge in [-0.2, -0.15) is 0 Å². The molecule has 0 aliphatic carbocycles. The Kier molecular flexibility index (Phi) is 6.35. The first-order valence-corrected chi connectivity index (χ1v) is 13.2. The molecule has 11 heteroatoms. The van der Waals surface area contributed by atoms with E-state index in [-0.39, 0.29) is 48.3 Å². The molecule has 1 atom stereocenters. The molecule has 204 valence electrons. The van der Waals surface area contributed by atoms with E-state index in [0.29, 0.717) is 37.2 Å². The van der Waals surface area contributed by atoms with Crippen LogP contribution in [0.25, 0.3) is 11.0 Å². The summed E-state index contributed by atoms with van der Waals surface area (Å²) in [5, 5.41) is 2.32. The molecule has 3 aliphatic rings. The molecule has 4 heterocycles. The first kappa shape index (κ1) is 26.0. The number of hydrogen-bond donors (Lipinski definition) is 1. The van der Waals surface area contributed by atoms with Gasteiger partial charge < -0.3 is 14.5 Å². The van der Waals surface area contributed by atoms with Gasteiger partial charge in [-0.05, 0) is 51.7 Å². The topological polar surface area (TPSA) is 123 Å². The van der Waals surface area contributed by atoms with Crippen molar-refractivity contribution in [3.8, 4) is 0 Å². The largest absolute Gasteiger partial charge is 0.444 e. The lowest BCUT2D eigenvalue weighted by atomic mass is 9.72. The summed E-state index contributed by atoms with van der Waals surface area (Å²) in [7, 11) is 1.64. The molecule has 1 aromatic heterocycles. The lowest BCUT2D eigenvalue weighted by Crippen LogP contribution is -2.62. The van der Waals surface area contributed by atoms with E-state index in [4.69, 9.17) is 4.74 Å². The number of imide groups is 1. The van der Waals surface area contributed by atoms with Crippen molar-refractivity contribution in [2.75, 3.05) is 26.2 Å². The molecule has 3 saturated heterocycles. The van der Waals surface area contributed by atoms with Crippen molar-refractivity contribution in [3.63, 3.8) is 0 Å². The maximum absolute atomic E-state index is 13.2. The number of nitrogens with zero attached hydrogens (tertiary/aromatic N) is 4. The van der Waals surface area contributed by atoms with Crippen LogP contribution in [0.5, 0.6) is 0 Å². The molecule has 0 saturated carbocycles. The smallest absolute Gasteiger partial charge is 0.410 e. The number of likely N-dealkylation sites (tertiary alicyclic amines) is 2. The molecule has 1 unspecified atom stereocenters. The number of amides is 4. The van der Waals surface area contributed by atoms with Crippen LogP contribution in [0, 0.1) is 5.41 Å². The number of para-hydroxylation sites is 1. The highest BCUT2D eigenvalue weighted by Crippen LogP contribution is 2.41. The van der Waals surface area contributed by atoms with Crippen LogP contribution in [0.2, 0.25) is 0 Å². The Balaban J connectivity index is 1.26. The molecule has 1 N–H and O–H groups in total. The van der Waals surface area contributed by atoms with Crippen LogP contribution in [0.1, 0.15) is 58.1 Å². The summed E-state index contributed by atoms with van der Waals surface area (Å²) in [5.74, 6) is -0.839. The minimum Gasteiger partial charge on any atom is -0.444 e. The Morgan fingerprint density at radius 3 is 2.39 bits per heavy atom. The molecule has 1 aromatic carbocycles. The monoisotopic (exact) mass is 525 g/mol. The second-order valence-corrected chi connectivity index (χ2v) is 11.9. The fourth-order valence-electron chi connectivity index (χ4n) is 5.91. The molecular formula is C27H35N5O6. The normalized spacial score (nSPS) is 21.4. The van der Waals surface area contributed by atoms with E-state index in [1.165, 1.54) is 9.13 Å². The zero-order valence-corrected chi connectivity index (χ0v) is 22.4. The van der Waals surface area contributed by atoms with Crippen LogP contribution < -0.4 is 11.0 Å². The summed E-state index contributed by atoms with van der Waals surface area (Å²) in [5.41, 5.74) is 1.07. The van der Waals surface area contributed by atoms with Crippen LogP contribution in [-0.4, -0.2) is 74.5 Å². The SMILES string of the molecule is Cn1c(=O)n(C2CCC(=O)NC2=O)c2cccc(CC(=O)N3CC4(CCN(C(=O)OC(C)(C)C)CC4)C3)c21. The van der Waals surface area contributed by atoms with Crippen LogP contribution in [0.4, 0.5) is 4.79 Å². The van der Waals surface area contributed by atoms with Crippen molar-refractivity contribution < 1.29 is 23.9 Å². The standard InChI is InChI=1S/C27H35N5O6/c1-26(2,3)38-25(37)30-12-10-27(11-13-30)15-31(16-27)21(34)14-17-6-5-7-18-22(17)29(4)24(36)32(18)19-8-9-20(33)28-23(19)35/h5-7,19H,8-16H2,1-4H3,(H,28,33,35). The van der Waals surface area contributed by atoms with E-state index in [1.54, 1.807) is 24.1 Å². The van der Waals surface area contributed by atoms with Crippen molar-refractivity contribution in [2.24, 2.45) is 12.5 Å². The number of benzene rings is 1. The van der Waals surface area contributed by atoms with Crippen molar-refractivity contribution in [3.05, 3.63) is 34.2 Å². The minimum absolute atomic E-state index is 0.0149. The van der Waals surface area contributed by atoms with Gasteiger partial charge in [-0.3, -0.25) is 28.8 Å². The van der Waals surface area contributed by atoms with E-state index in [1.807, 2.05) is 31.7 Å². The quantitative estimate of drug-likeness (QED) is 0.609. The van der Waals surface area contributed by atoms with E-state index in [0.717, 1.165) is 18.4 Å². The van der Waals surface area contributed by atoms with E-state index in [9.17, 15) is 24.0 Å². The van der Waals surface area contributed by atoms with Crippen molar-refractivity contribution in [1.82, 2.24) is 24.3 Å². The first-order valence-electron chi connectivity index (χ1n) is 13.2. The summed E-state index contributed by atoms with van der Waals surface area (Å²) in [6.07, 6.45) is 1.94. The molecule has 3 fully saturated rings. The predicted octanol–water partition coefficient (Wildman–Crippen LogP) is 1.72. The van der Waals surface area contributed by atoms with Gasteiger partial charge in [0.1, 0.15) is 11.6 Å². The molecule has 0 bridgehead atoms. The zero-order valence-electron chi connectivity index (χ0n) is 22.4. The summed E-state index contributed by atoms with van der Waals surface area (Å²) in [6.45, 7) is 8.11. The highest BCUT2D eigenvalue weighted by Gasteiger charge is 2.47. The molecule has 5 rings (SSSR count). The summed E-state index contributed by atoms with van der Waals surface area (Å²) < 4.78 is 8.40. The minimum atomic E-state index is -0.767. The Bertz CT molecular complexity index is 1370. The molecule has 2 aromatic rings. The van der Waals surface area contributed by atoms with Crippen molar-refractivity contribution >= 4 is 34.8 Å². The Morgan fingerprint density at radius 1 is 1.08 bits per heavy atom. The van der Waals surface area contributed by atoms with Gasteiger partial charge in [0.25, 0.3) is 0 Å². The molecule has 11 nitrogen and oxygen atoms in total. The zero-order chi connectivity index (χ0) is 27.4. The fourth-order valence-corrected chi connectivity index (χ4v) is 5.91. The second-order valence-electron chi connectivity index (χ2n) is 11.9. The number of fused-ring (bicyclic) bond motifs is 1. The van der Waals surface area contributed by atoms with E-state index < -0.39 is 17.6 Å². The predicted molar refractivity (Wildman–Crippen MR) is 138 cm³/mol. The second kappa shape index (κ2) is 9.28. The number of aryl methyl sites for hydroxylation is 1. The van der Waals surface area contributed by atoms with E-state index in [2.05, 4.69) is 5.32 Å². The van der Waals surface area contributed by atoms with Crippen LogP contribution in [0.3, 0.4) is 0 Å². The van der Waals surface area contributed by atoms with Gasteiger partial charge in [-0.25, -0.2) is 9.59 Å². The molecule has 4 amide bonds. The van der Waals surface area contributed by atoms with Gasteiger partial charge in [0.2, 0.25) is 17.7 Å². The molecular weight excluding hydrogens is 490 g/mol. The highest BCUT2D eigenvalue weighted by molar-refractivity contribution is 6.00. The number of aromatic nitrogens is 2. The molecule has 1 spiro atoms. The third kappa shape index (κ3) is 4.69. The van der Waals surface area contributed by atoms with Crippen LogP contribution in [-0.2, 0) is 32.6 Å². The van der Waals surface area contributed by atoms with Gasteiger partial charge in [0.15, 0.2) is 0 Å². The van der Waals surface area contributed by atoms with Gasteiger partial charge in [0, 0.05) is 45.1 Å². The average molecular weight is 526 g/mol. The van der Waals surface area contributed by atoms with Crippen molar-refractivity contribution in [2.45, 2.75) is 64.5 Å². The maximum atomic E-state index is 13.2. The Labute approximate surface area is 220 Å². The summed E-state index contributed by atoms with van der Waals surface area (Å²) in [6, 6.07) is 4.63. The Hall–Kier alpha value is -3.63. The fraction of sp³-hybridized carbons (Fsp3) is 0.593. The number of ether oxygens (including phenoxy) is 1. The van der Waals surface area contributed by atoms with Gasteiger partial charge >= 0.3 is 11.8 Å². The van der Waals surface area contributed by atoms with Gasteiger partial charge in [0.05, 0.1) is 17.5 Å². The summed E-state index contributed by atoms with van der Waals surface area (Å²) in [4.78, 5) is 66.4. The van der Waals surface area contributed by atoms with Crippen LogP contribution >= 0.6 is 0 Å². The third-order valence-corrected chi connectivity index (χ3v) is 7.93. The van der Waals surface area contributed by atoms with Crippen molar-refractivity contribution in [1.29, 1.82) is 0 Å². The number of nitrogens with one attached hydrogen (secondary N) is 1. The van der Waals surface area contributed by atoms with Gasteiger partial charge in [-0.15, -0.1) is 0 Å². The third-order valence-electron chi connectivity index (χ3n) is 7.93. The number of hydrogen-bond acceptors (Lipinski definition) is 6. The lowest BCUT2D eigenvalue weighted by molar-refractivity contribution is -0.146. The lowest BCUT2D eigenvalue weighted by Gasteiger charge is -2.54. The Morgan fingerprint density at radius 2 is 1.76 bits per heavy atom. The number of piperidine rings is 2. The summed E-state index contributed by atoms with van der Waals surface area (Å²) >= 11 is 0. The van der Waals surface area contributed by atoms with E-state index >= 15 is 0 Å². The molecule has 3 aliphatic heterocycles.